The van der Waals surface area contributed by atoms with Gasteiger partial charge in [-0.25, -0.2) is 0 Å². The maximum absolute atomic E-state index is 7.06. The van der Waals surface area contributed by atoms with Crippen molar-refractivity contribution in [3.05, 3.63) is 77.9 Å². The van der Waals surface area contributed by atoms with Gasteiger partial charge in [-0.3, -0.25) is 0 Å². The smallest absolute Gasteiger partial charge is 0.456 e. The lowest BCUT2D eigenvalue weighted by atomic mass is 9.43. The van der Waals surface area contributed by atoms with Gasteiger partial charge in [-0.1, -0.05) is 54.6 Å². The zero-order valence-electron chi connectivity index (χ0n) is 25.0. The summed E-state index contributed by atoms with van der Waals surface area (Å²) in [4.78, 5) is 0. The van der Waals surface area contributed by atoms with Crippen LogP contribution in [0.5, 0.6) is 0 Å². The Kier molecular flexibility index (Phi) is 4.47. The second-order valence-electron chi connectivity index (χ2n) is 15.2. The van der Waals surface area contributed by atoms with Crippen LogP contribution in [0.1, 0.15) is 70.9 Å². The van der Waals surface area contributed by atoms with Crippen LogP contribution in [0.15, 0.2) is 71.1 Å². The molecular formula is C38H37BO3. The zero-order chi connectivity index (χ0) is 28.2. The van der Waals surface area contributed by atoms with Crippen LogP contribution in [0.4, 0.5) is 0 Å². The molecule has 0 radical (unpaired) electrons. The Morgan fingerprint density at radius 1 is 0.643 bits per heavy atom. The first-order chi connectivity index (χ1) is 20.2. The van der Waals surface area contributed by atoms with E-state index in [9.17, 15) is 0 Å². The van der Waals surface area contributed by atoms with Crippen LogP contribution in [0.2, 0.25) is 0 Å². The highest BCUT2D eigenvalue weighted by Gasteiger charge is 2.63. The maximum atomic E-state index is 7.06. The van der Waals surface area contributed by atoms with Crippen LogP contribution in [0, 0.1) is 23.7 Å². The first-order valence-electron chi connectivity index (χ1n) is 16.1. The summed E-state index contributed by atoms with van der Waals surface area (Å²) < 4.78 is 19.9. The van der Waals surface area contributed by atoms with Gasteiger partial charge in [0.25, 0.3) is 0 Å². The minimum absolute atomic E-state index is 0.0287. The van der Waals surface area contributed by atoms with Crippen molar-refractivity contribution in [1.29, 1.82) is 0 Å². The van der Waals surface area contributed by atoms with E-state index in [0.717, 1.165) is 28.5 Å². The van der Waals surface area contributed by atoms with Crippen molar-refractivity contribution in [2.45, 2.75) is 76.4 Å². The zero-order valence-corrected chi connectivity index (χ0v) is 25.0. The lowest BCUT2D eigenvalue weighted by Gasteiger charge is -2.61. The minimum Gasteiger partial charge on any atom is -0.456 e. The molecule has 2 heterocycles. The third-order valence-corrected chi connectivity index (χ3v) is 12.7. The van der Waals surface area contributed by atoms with E-state index >= 15 is 0 Å². The predicted octanol–water partition coefficient (Wildman–Crippen LogP) is 8.76. The quantitative estimate of drug-likeness (QED) is 0.195. The van der Waals surface area contributed by atoms with Crippen molar-refractivity contribution in [1.82, 2.24) is 0 Å². The maximum Gasteiger partial charge on any atom is 0.494 e. The molecule has 0 amide bonds. The number of hydrogen-bond acceptors (Lipinski definition) is 3. The third-order valence-electron chi connectivity index (χ3n) is 12.7. The van der Waals surface area contributed by atoms with Gasteiger partial charge in [-0.05, 0) is 129 Å². The van der Waals surface area contributed by atoms with Crippen molar-refractivity contribution in [3.8, 4) is 11.1 Å². The molecule has 210 valence electrons. The van der Waals surface area contributed by atoms with Crippen LogP contribution >= 0.6 is 0 Å². The second kappa shape index (κ2) is 7.70. The molecule has 0 N–H and O–H groups in total. The highest BCUT2D eigenvalue weighted by Crippen LogP contribution is 2.71. The number of rotatable bonds is 1. The summed E-state index contributed by atoms with van der Waals surface area (Å²) in [6.45, 7) is 8.45. The SMILES string of the molecule is CC1(C)OB(c2ccc3c(c2)oc2c4c(ccc23)-c2ccc3ccccc3c2C42C3CC4CC(C3)CC2C4)OC1(C)C. The summed E-state index contributed by atoms with van der Waals surface area (Å²) in [5, 5.41) is 5.25. The molecule has 4 heteroatoms. The molecule has 42 heavy (non-hydrogen) atoms. The number of fused-ring (bicyclic) bond motifs is 9. The molecule has 3 nitrogen and oxygen atoms in total. The van der Waals surface area contributed by atoms with Crippen LogP contribution in [-0.4, -0.2) is 18.3 Å². The minimum atomic E-state index is -0.398. The van der Waals surface area contributed by atoms with Crippen molar-refractivity contribution >= 4 is 45.3 Å². The van der Waals surface area contributed by atoms with Crippen molar-refractivity contribution in [2.24, 2.45) is 23.7 Å². The fraction of sp³-hybridized carbons (Fsp3) is 0.421. The van der Waals surface area contributed by atoms with Gasteiger partial charge >= 0.3 is 7.12 Å². The Morgan fingerprint density at radius 3 is 2.02 bits per heavy atom. The van der Waals surface area contributed by atoms with Gasteiger partial charge in [0.2, 0.25) is 0 Å². The van der Waals surface area contributed by atoms with Crippen LogP contribution in [0.3, 0.4) is 0 Å². The Hall–Kier alpha value is -3.08. The van der Waals surface area contributed by atoms with Crippen molar-refractivity contribution in [3.63, 3.8) is 0 Å². The van der Waals surface area contributed by atoms with E-state index in [-0.39, 0.29) is 16.6 Å². The lowest BCUT2D eigenvalue weighted by molar-refractivity contribution is -0.0391. The predicted molar refractivity (Wildman–Crippen MR) is 170 cm³/mol. The van der Waals surface area contributed by atoms with E-state index < -0.39 is 7.12 Å². The Labute approximate surface area is 247 Å². The lowest BCUT2D eigenvalue weighted by Crippen LogP contribution is -2.55. The summed E-state index contributed by atoms with van der Waals surface area (Å²) in [7, 11) is -0.398. The molecule has 4 bridgehead atoms. The van der Waals surface area contributed by atoms with Crippen LogP contribution in [0.25, 0.3) is 43.8 Å². The molecule has 5 aromatic rings. The number of hydrogen-bond donors (Lipinski definition) is 0. The molecule has 5 fully saturated rings. The average Bonchev–Trinajstić information content (AvgIpc) is 3.56. The van der Waals surface area contributed by atoms with Gasteiger partial charge in [-0.2, -0.15) is 0 Å². The summed E-state index contributed by atoms with van der Waals surface area (Å²) in [6.07, 6.45) is 6.89. The molecule has 1 aliphatic heterocycles. The van der Waals surface area contributed by atoms with Gasteiger partial charge in [-0.15, -0.1) is 0 Å². The summed E-state index contributed by atoms with van der Waals surface area (Å²) >= 11 is 0. The first kappa shape index (κ1) is 24.4. The first-order valence-corrected chi connectivity index (χ1v) is 16.1. The van der Waals surface area contributed by atoms with Gasteiger partial charge < -0.3 is 13.7 Å². The molecule has 1 spiro atoms. The average molecular weight is 553 g/mol. The van der Waals surface area contributed by atoms with Crippen LogP contribution in [-0.2, 0) is 14.7 Å². The van der Waals surface area contributed by atoms with Gasteiger partial charge in [0.1, 0.15) is 11.2 Å². The highest BCUT2D eigenvalue weighted by molar-refractivity contribution is 6.62. The van der Waals surface area contributed by atoms with Gasteiger partial charge in [0.05, 0.1) is 11.2 Å². The van der Waals surface area contributed by atoms with E-state index in [0.29, 0.717) is 11.8 Å². The van der Waals surface area contributed by atoms with E-state index in [4.69, 9.17) is 13.7 Å². The van der Waals surface area contributed by atoms with Crippen LogP contribution < -0.4 is 5.46 Å². The second-order valence-corrected chi connectivity index (χ2v) is 15.2. The fourth-order valence-corrected chi connectivity index (χ4v) is 10.4. The molecular weight excluding hydrogens is 515 g/mol. The molecule has 6 aliphatic rings. The normalized spacial score (nSPS) is 31.6. The van der Waals surface area contributed by atoms with E-state index in [1.54, 1.807) is 5.56 Å². The molecule has 0 atom stereocenters. The molecule has 1 saturated heterocycles. The largest absolute Gasteiger partial charge is 0.494 e. The summed E-state index contributed by atoms with van der Waals surface area (Å²) in [5.74, 6) is 3.16. The number of benzene rings is 4. The molecule has 11 rings (SSSR count). The van der Waals surface area contributed by atoms with Gasteiger partial charge in [0.15, 0.2) is 0 Å². The molecule has 1 aromatic heterocycles. The summed E-state index contributed by atoms with van der Waals surface area (Å²) in [6, 6.07) is 25.2. The standard InChI is InChI=1S/C38H37BO3/c1-36(2)37(3,4)42-39(41-36)26-10-12-28-31-14-13-30-29-11-9-23-7-5-6-8-27(23)33(29)38(34(30)35(31)40-32(28)20-26)24-16-21-15-22(18-24)19-25(38)17-21/h5-14,20-22,24-25H,15-19H2,1-4H3. The Morgan fingerprint density at radius 2 is 1.29 bits per heavy atom. The Balaban J connectivity index is 1.23. The van der Waals surface area contributed by atoms with E-state index in [1.165, 1.54) is 70.3 Å². The monoisotopic (exact) mass is 552 g/mol. The Bertz CT molecular complexity index is 1940. The molecule has 4 aromatic carbocycles. The van der Waals surface area contributed by atoms with E-state index in [1.807, 2.05) is 0 Å². The van der Waals surface area contributed by atoms with Crippen molar-refractivity contribution in [2.75, 3.05) is 0 Å². The molecule has 5 aliphatic carbocycles. The molecule has 4 saturated carbocycles. The highest BCUT2D eigenvalue weighted by atomic mass is 16.7. The summed E-state index contributed by atoms with van der Waals surface area (Å²) in [5.41, 5.74) is 8.30. The van der Waals surface area contributed by atoms with E-state index in [2.05, 4.69) is 94.4 Å². The fourth-order valence-electron chi connectivity index (χ4n) is 10.4. The molecule has 0 unspecified atom stereocenters. The topological polar surface area (TPSA) is 31.6 Å². The van der Waals surface area contributed by atoms with Crippen molar-refractivity contribution < 1.29 is 13.7 Å². The number of furan rings is 1. The third kappa shape index (κ3) is 2.82. The van der Waals surface area contributed by atoms with Gasteiger partial charge in [0, 0.05) is 21.8 Å².